The predicted octanol–water partition coefficient (Wildman–Crippen LogP) is 2.65. The van der Waals surface area contributed by atoms with Gasteiger partial charge in [0.15, 0.2) is 18.1 Å². The Labute approximate surface area is 186 Å². The van der Waals surface area contributed by atoms with Crippen LogP contribution in [0.4, 0.5) is 14.5 Å². The summed E-state index contributed by atoms with van der Waals surface area (Å²) in [5.41, 5.74) is -0.228. The number of benzene rings is 2. The lowest BCUT2D eigenvalue weighted by Gasteiger charge is -2.10. The van der Waals surface area contributed by atoms with Crippen LogP contribution in [-0.2, 0) is 20.9 Å². The number of aryl methyl sites for hydroxylation is 1. The highest BCUT2D eigenvalue weighted by Gasteiger charge is 2.13. The van der Waals surface area contributed by atoms with E-state index in [-0.39, 0.29) is 30.6 Å². The molecule has 0 saturated carbocycles. The number of ether oxygens (including phenoxy) is 3. The van der Waals surface area contributed by atoms with Crippen molar-refractivity contribution in [3.05, 3.63) is 58.6 Å². The number of anilines is 1. The number of nitrogens with one attached hydrogen (secondary N) is 1. The molecule has 1 aromatic heterocycles. The van der Waals surface area contributed by atoms with Gasteiger partial charge in [-0.25, -0.2) is 13.8 Å². The number of hydrogen-bond donors (Lipinski definition) is 1. The molecule has 3 rings (SSSR count). The number of aromatic nitrogens is 2. The van der Waals surface area contributed by atoms with E-state index in [9.17, 15) is 23.2 Å². The third-order valence-corrected chi connectivity index (χ3v) is 4.68. The second-order valence-electron chi connectivity index (χ2n) is 6.90. The lowest BCUT2D eigenvalue weighted by molar-refractivity contribution is -0.147. The fourth-order valence-corrected chi connectivity index (χ4v) is 3.04. The van der Waals surface area contributed by atoms with Gasteiger partial charge in [-0.15, -0.1) is 0 Å². The molecule has 0 aliphatic rings. The molecule has 1 amide bonds. The van der Waals surface area contributed by atoms with Gasteiger partial charge in [-0.1, -0.05) is 0 Å². The third kappa shape index (κ3) is 5.82. The van der Waals surface area contributed by atoms with Gasteiger partial charge in [0.25, 0.3) is 11.5 Å². The fourth-order valence-electron chi connectivity index (χ4n) is 3.04. The zero-order chi connectivity index (χ0) is 24.0. The first-order valence-electron chi connectivity index (χ1n) is 9.84. The van der Waals surface area contributed by atoms with Gasteiger partial charge >= 0.3 is 5.97 Å². The molecule has 0 aliphatic heterocycles. The van der Waals surface area contributed by atoms with Crippen molar-refractivity contribution in [1.82, 2.24) is 9.55 Å². The molecule has 0 bridgehead atoms. The molecule has 2 aromatic carbocycles. The average molecular weight is 461 g/mol. The molecule has 0 atom stereocenters. The van der Waals surface area contributed by atoms with Gasteiger partial charge in [0.2, 0.25) is 0 Å². The van der Waals surface area contributed by atoms with E-state index in [1.807, 2.05) is 0 Å². The summed E-state index contributed by atoms with van der Waals surface area (Å²) in [6.45, 7) is -0.472. The number of carbonyl (C=O) groups excluding carboxylic acids is 2. The van der Waals surface area contributed by atoms with Crippen LogP contribution in [-0.4, -0.2) is 42.3 Å². The molecule has 1 N–H and O–H groups in total. The smallest absolute Gasteiger partial charge is 0.306 e. The first-order valence-corrected chi connectivity index (χ1v) is 9.84. The van der Waals surface area contributed by atoms with E-state index in [1.165, 1.54) is 31.2 Å². The van der Waals surface area contributed by atoms with Gasteiger partial charge in [-0.3, -0.25) is 19.0 Å². The maximum Gasteiger partial charge on any atom is 0.306 e. The van der Waals surface area contributed by atoms with Crippen LogP contribution < -0.4 is 20.3 Å². The van der Waals surface area contributed by atoms with Crippen LogP contribution in [0.1, 0.15) is 12.8 Å². The summed E-state index contributed by atoms with van der Waals surface area (Å²) in [6, 6.07) is 5.73. The molecule has 174 valence electrons. The van der Waals surface area contributed by atoms with Gasteiger partial charge in [0.1, 0.15) is 11.6 Å². The highest BCUT2D eigenvalue weighted by molar-refractivity contribution is 5.92. The second-order valence-corrected chi connectivity index (χ2v) is 6.90. The van der Waals surface area contributed by atoms with Crippen molar-refractivity contribution in [1.29, 1.82) is 0 Å². The summed E-state index contributed by atoms with van der Waals surface area (Å²) in [5, 5.41) is 2.46. The van der Waals surface area contributed by atoms with E-state index >= 15 is 0 Å². The number of methoxy groups -OCH3 is 2. The molecule has 0 saturated heterocycles. The molecule has 9 nitrogen and oxygen atoms in total. The van der Waals surface area contributed by atoms with Crippen molar-refractivity contribution in [2.24, 2.45) is 0 Å². The Morgan fingerprint density at radius 2 is 1.82 bits per heavy atom. The largest absolute Gasteiger partial charge is 0.493 e. The van der Waals surface area contributed by atoms with Gasteiger partial charge in [-0.05, 0) is 24.6 Å². The maximum atomic E-state index is 13.5. The minimum Gasteiger partial charge on any atom is -0.493 e. The summed E-state index contributed by atoms with van der Waals surface area (Å²) in [6.07, 6.45) is 1.54. The zero-order valence-electron chi connectivity index (χ0n) is 17.9. The van der Waals surface area contributed by atoms with Crippen molar-refractivity contribution in [3.63, 3.8) is 0 Å². The summed E-state index contributed by atoms with van der Waals surface area (Å²) in [4.78, 5) is 40.6. The van der Waals surface area contributed by atoms with Crippen molar-refractivity contribution >= 4 is 28.5 Å². The monoisotopic (exact) mass is 461 g/mol. The standard InChI is InChI=1S/C22H21F2N3O6/c1-31-18-9-14-16(10-19(18)32-2)25-12-27(22(14)30)7-3-4-21(29)33-11-20(28)26-17-8-13(23)5-6-15(17)24/h5-6,8-10,12H,3-4,7,11H2,1-2H3,(H,26,28). The van der Waals surface area contributed by atoms with Crippen molar-refractivity contribution in [3.8, 4) is 11.5 Å². The molecular weight excluding hydrogens is 440 g/mol. The topological polar surface area (TPSA) is 109 Å². The number of esters is 1. The Morgan fingerprint density at radius 3 is 2.55 bits per heavy atom. The predicted molar refractivity (Wildman–Crippen MR) is 114 cm³/mol. The zero-order valence-corrected chi connectivity index (χ0v) is 17.9. The average Bonchev–Trinajstić information content (AvgIpc) is 2.80. The lowest BCUT2D eigenvalue weighted by Crippen LogP contribution is -2.23. The van der Waals surface area contributed by atoms with Gasteiger partial charge in [-0.2, -0.15) is 0 Å². The second kappa shape index (κ2) is 10.5. The summed E-state index contributed by atoms with van der Waals surface area (Å²) >= 11 is 0. The Morgan fingerprint density at radius 1 is 1.09 bits per heavy atom. The number of halogens is 2. The normalized spacial score (nSPS) is 10.7. The Balaban J connectivity index is 1.53. The number of hydrogen-bond acceptors (Lipinski definition) is 7. The van der Waals surface area contributed by atoms with E-state index in [0.717, 1.165) is 18.2 Å². The molecule has 0 radical (unpaired) electrons. The number of fused-ring (bicyclic) bond motifs is 1. The number of amides is 1. The summed E-state index contributed by atoms with van der Waals surface area (Å²) in [5.74, 6) is -2.20. The van der Waals surface area contributed by atoms with Gasteiger partial charge < -0.3 is 19.5 Å². The van der Waals surface area contributed by atoms with Crippen LogP contribution in [0, 0.1) is 11.6 Å². The SMILES string of the molecule is COc1cc2ncn(CCCC(=O)OCC(=O)Nc3cc(F)ccc3F)c(=O)c2cc1OC. The molecule has 0 spiro atoms. The minimum absolute atomic E-state index is 0.0714. The highest BCUT2D eigenvalue weighted by atomic mass is 19.1. The Bertz CT molecular complexity index is 1240. The van der Waals surface area contributed by atoms with E-state index in [1.54, 1.807) is 6.07 Å². The highest BCUT2D eigenvalue weighted by Crippen LogP contribution is 2.29. The molecule has 0 unspecified atom stereocenters. The quantitative estimate of drug-likeness (QED) is 0.488. The van der Waals surface area contributed by atoms with Crippen LogP contribution in [0.5, 0.6) is 11.5 Å². The molecule has 0 aliphatic carbocycles. The van der Waals surface area contributed by atoms with E-state index in [0.29, 0.717) is 22.4 Å². The molecule has 0 fully saturated rings. The van der Waals surface area contributed by atoms with Crippen LogP contribution >= 0.6 is 0 Å². The molecule has 3 aromatic rings. The maximum absolute atomic E-state index is 13.5. The first kappa shape index (κ1) is 23.6. The summed E-state index contributed by atoms with van der Waals surface area (Å²) in [7, 11) is 2.94. The number of nitrogens with zero attached hydrogens (tertiary/aromatic N) is 2. The van der Waals surface area contributed by atoms with Crippen LogP contribution in [0.3, 0.4) is 0 Å². The molecule has 11 heteroatoms. The Kier molecular flexibility index (Phi) is 7.54. The lowest BCUT2D eigenvalue weighted by atomic mass is 10.2. The fraction of sp³-hybridized carbons (Fsp3) is 0.273. The van der Waals surface area contributed by atoms with Crippen LogP contribution in [0.15, 0.2) is 41.5 Å². The number of carbonyl (C=O) groups is 2. The third-order valence-electron chi connectivity index (χ3n) is 4.68. The summed E-state index contributed by atoms with van der Waals surface area (Å²) < 4.78 is 43.3. The van der Waals surface area contributed by atoms with Gasteiger partial charge in [0, 0.05) is 25.1 Å². The first-order chi connectivity index (χ1) is 15.8. The van der Waals surface area contributed by atoms with Crippen molar-refractivity contribution in [2.75, 3.05) is 26.1 Å². The van der Waals surface area contributed by atoms with Crippen molar-refractivity contribution < 1.29 is 32.6 Å². The van der Waals surface area contributed by atoms with Crippen LogP contribution in [0.2, 0.25) is 0 Å². The molecule has 1 heterocycles. The van der Waals surface area contributed by atoms with Gasteiger partial charge in [0.05, 0.1) is 37.1 Å². The molecular formula is C22H21F2N3O6. The van der Waals surface area contributed by atoms with E-state index in [2.05, 4.69) is 10.3 Å². The van der Waals surface area contributed by atoms with E-state index < -0.39 is 30.1 Å². The molecule has 33 heavy (non-hydrogen) atoms. The van der Waals surface area contributed by atoms with Crippen molar-refractivity contribution in [2.45, 2.75) is 19.4 Å². The van der Waals surface area contributed by atoms with Crippen LogP contribution in [0.25, 0.3) is 10.9 Å². The Hall–Kier alpha value is -4.02. The number of rotatable bonds is 9. The van der Waals surface area contributed by atoms with E-state index in [4.69, 9.17) is 14.2 Å². The minimum atomic E-state index is -0.818.